The van der Waals surface area contributed by atoms with Crippen LogP contribution in [0.15, 0.2) is 12.3 Å². The molecule has 0 bridgehead atoms. The maximum Gasteiger partial charge on any atom is 0.250 e. The van der Waals surface area contributed by atoms with Crippen LogP contribution in [0.4, 0.5) is 4.39 Å². The highest BCUT2D eigenvalue weighted by atomic mass is 19.1. The van der Waals surface area contributed by atoms with Gasteiger partial charge in [-0.2, -0.15) is 0 Å². The van der Waals surface area contributed by atoms with E-state index >= 15 is 0 Å². The predicted molar refractivity (Wildman–Crippen MR) is 77.7 cm³/mol. The Hall–Kier alpha value is -1.20. The van der Waals surface area contributed by atoms with Crippen molar-refractivity contribution in [1.29, 1.82) is 0 Å². The van der Waals surface area contributed by atoms with Crippen molar-refractivity contribution in [3.8, 4) is 5.88 Å². The van der Waals surface area contributed by atoms with Crippen LogP contribution in [0.1, 0.15) is 44.1 Å². The zero-order chi connectivity index (χ0) is 14.7. The molecule has 2 aliphatic carbocycles. The van der Waals surface area contributed by atoms with Crippen molar-refractivity contribution in [2.45, 2.75) is 63.3 Å². The largest absolute Gasteiger partial charge is 0.472 e. The van der Waals surface area contributed by atoms with Crippen molar-refractivity contribution in [2.75, 3.05) is 7.11 Å². The minimum atomic E-state index is -0.329. The summed E-state index contributed by atoms with van der Waals surface area (Å²) in [4.78, 5) is 4.06. The van der Waals surface area contributed by atoms with Crippen molar-refractivity contribution < 1.29 is 13.9 Å². The summed E-state index contributed by atoms with van der Waals surface area (Å²) in [6.07, 6.45) is 8.06. The summed E-state index contributed by atoms with van der Waals surface area (Å²) in [5.74, 6) is -0.197. The predicted octanol–water partition coefficient (Wildman–Crippen LogP) is 2.81. The highest BCUT2D eigenvalue weighted by Gasteiger charge is 2.25. The van der Waals surface area contributed by atoms with Crippen molar-refractivity contribution in [1.82, 2.24) is 10.3 Å². The molecule has 0 amide bonds. The molecule has 2 atom stereocenters. The van der Waals surface area contributed by atoms with Crippen molar-refractivity contribution >= 4 is 0 Å². The van der Waals surface area contributed by atoms with E-state index in [1.807, 2.05) is 0 Å². The Kier molecular flexibility index (Phi) is 4.70. The Bertz CT molecular complexity index is 479. The van der Waals surface area contributed by atoms with Crippen LogP contribution in [0.3, 0.4) is 0 Å². The lowest BCUT2D eigenvalue weighted by atomic mass is 9.95. The van der Waals surface area contributed by atoms with E-state index in [1.165, 1.54) is 12.8 Å². The molecule has 2 unspecified atom stereocenters. The Morgan fingerprint density at radius 3 is 2.86 bits per heavy atom. The molecule has 2 fully saturated rings. The van der Waals surface area contributed by atoms with E-state index in [9.17, 15) is 4.39 Å². The SMILES string of the molecule is COC1CCCC(Oc2nccc(CNC3CC3)c2F)C1. The van der Waals surface area contributed by atoms with Gasteiger partial charge in [0.2, 0.25) is 0 Å². The average molecular weight is 294 g/mol. The highest BCUT2D eigenvalue weighted by molar-refractivity contribution is 5.24. The van der Waals surface area contributed by atoms with Crippen LogP contribution in [-0.4, -0.2) is 30.3 Å². The van der Waals surface area contributed by atoms with E-state index < -0.39 is 0 Å². The molecule has 116 valence electrons. The van der Waals surface area contributed by atoms with Gasteiger partial charge in [-0.05, 0) is 38.2 Å². The molecule has 4 nitrogen and oxygen atoms in total. The average Bonchev–Trinajstić information content (AvgIpc) is 3.33. The third-order valence-electron chi connectivity index (χ3n) is 4.29. The lowest BCUT2D eigenvalue weighted by molar-refractivity contribution is 0.0181. The summed E-state index contributed by atoms with van der Waals surface area (Å²) in [7, 11) is 1.72. The number of aromatic nitrogens is 1. The first-order chi connectivity index (χ1) is 10.3. The minimum absolute atomic E-state index is 0.00246. The Morgan fingerprint density at radius 1 is 1.29 bits per heavy atom. The summed E-state index contributed by atoms with van der Waals surface area (Å²) in [5, 5.41) is 3.32. The molecule has 0 saturated heterocycles. The van der Waals surface area contributed by atoms with Crippen LogP contribution in [0.5, 0.6) is 5.88 Å². The summed E-state index contributed by atoms with van der Waals surface area (Å²) in [6.45, 7) is 0.542. The van der Waals surface area contributed by atoms with Crippen molar-refractivity contribution in [3.63, 3.8) is 0 Å². The molecule has 1 N–H and O–H groups in total. The lowest BCUT2D eigenvalue weighted by Gasteiger charge is -2.28. The molecule has 5 heteroatoms. The number of hydrogen-bond acceptors (Lipinski definition) is 4. The van der Waals surface area contributed by atoms with E-state index in [2.05, 4.69) is 10.3 Å². The Balaban J connectivity index is 1.62. The quantitative estimate of drug-likeness (QED) is 0.876. The van der Waals surface area contributed by atoms with E-state index in [0.29, 0.717) is 18.2 Å². The van der Waals surface area contributed by atoms with Gasteiger partial charge < -0.3 is 14.8 Å². The van der Waals surface area contributed by atoms with E-state index in [-0.39, 0.29) is 23.9 Å². The maximum absolute atomic E-state index is 14.4. The van der Waals surface area contributed by atoms with Gasteiger partial charge in [-0.25, -0.2) is 9.37 Å². The molecule has 0 radical (unpaired) electrons. The highest BCUT2D eigenvalue weighted by Crippen LogP contribution is 2.27. The summed E-state index contributed by atoms with van der Waals surface area (Å²) in [6, 6.07) is 2.28. The van der Waals surface area contributed by atoms with Crippen LogP contribution >= 0.6 is 0 Å². The summed E-state index contributed by atoms with van der Waals surface area (Å²) in [5.41, 5.74) is 0.631. The molecule has 21 heavy (non-hydrogen) atoms. The molecular formula is C16H23FN2O2. The standard InChI is InChI=1S/C16H23FN2O2/c1-20-13-3-2-4-14(9-13)21-16-15(17)11(7-8-18-16)10-19-12-5-6-12/h7-8,12-14,19H,2-6,9-10H2,1H3. The van der Waals surface area contributed by atoms with E-state index in [4.69, 9.17) is 9.47 Å². The molecule has 3 rings (SSSR count). The van der Waals surface area contributed by atoms with Crippen LogP contribution in [0.25, 0.3) is 0 Å². The number of ether oxygens (including phenoxy) is 2. The zero-order valence-electron chi connectivity index (χ0n) is 12.5. The number of pyridine rings is 1. The van der Waals surface area contributed by atoms with Gasteiger partial charge >= 0.3 is 0 Å². The van der Waals surface area contributed by atoms with Gasteiger partial charge in [-0.1, -0.05) is 0 Å². The van der Waals surface area contributed by atoms with E-state index in [0.717, 1.165) is 25.7 Å². The van der Waals surface area contributed by atoms with E-state index in [1.54, 1.807) is 19.4 Å². The second-order valence-corrected chi connectivity index (χ2v) is 6.01. The zero-order valence-corrected chi connectivity index (χ0v) is 12.5. The first kappa shape index (κ1) is 14.7. The second kappa shape index (κ2) is 6.71. The van der Waals surface area contributed by atoms with Gasteiger partial charge in [0.1, 0.15) is 6.10 Å². The molecule has 0 aromatic carbocycles. The van der Waals surface area contributed by atoms with Gasteiger partial charge in [0.05, 0.1) is 6.10 Å². The van der Waals surface area contributed by atoms with Crippen LogP contribution < -0.4 is 10.1 Å². The van der Waals surface area contributed by atoms with Gasteiger partial charge in [0.25, 0.3) is 5.88 Å². The number of nitrogens with one attached hydrogen (secondary N) is 1. The summed E-state index contributed by atoms with van der Waals surface area (Å²) >= 11 is 0. The number of halogens is 1. The number of hydrogen-bond donors (Lipinski definition) is 1. The monoisotopic (exact) mass is 294 g/mol. The summed E-state index contributed by atoms with van der Waals surface area (Å²) < 4.78 is 25.6. The van der Waals surface area contributed by atoms with Gasteiger partial charge in [-0.3, -0.25) is 0 Å². The normalized spacial score (nSPS) is 25.8. The number of nitrogens with zero attached hydrogens (tertiary/aromatic N) is 1. The van der Waals surface area contributed by atoms with Crippen LogP contribution in [0, 0.1) is 5.82 Å². The van der Waals surface area contributed by atoms with Gasteiger partial charge in [0, 0.05) is 37.9 Å². The third-order valence-corrected chi connectivity index (χ3v) is 4.29. The van der Waals surface area contributed by atoms with Crippen molar-refractivity contribution in [2.24, 2.45) is 0 Å². The fourth-order valence-electron chi connectivity index (χ4n) is 2.80. The van der Waals surface area contributed by atoms with Gasteiger partial charge in [0.15, 0.2) is 5.82 Å². The first-order valence-corrected chi connectivity index (χ1v) is 7.82. The van der Waals surface area contributed by atoms with Crippen LogP contribution in [0.2, 0.25) is 0 Å². The second-order valence-electron chi connectivity index (χ2n) is 6.01. The fourth-order valence-corrected chi connectivity index (χ4v) is 2.80. The lowest BCUT2D eigenvalue weighted by Crippen LogP contribution is -2.30. The molecular weight excluding hydrogens is 271 g/mol. The first-order valence-electron chi connectivity index (χ1n) is 7.82. The third kappa shape index (κ3) is 3.92. The Labute approximate surface area is 125 Å². The molecule has 1 heterocycles. The minimum Gasteiger partial charge on any atom is -0.472 e. The number of rotatable bonds is 6. The molecule has 0 spiro atoms. The maximum atomic E-state index is 14.4. The Morgan fingerprint density at radius 2 is 2.10 bits per heavy atom. The molecule has 1 aromatic rings. The van der Waals surface area contributed by atoms with Crippen molar-refractivity contribution in [3.05, 3.63) is 23.6 Å². The van der Waals surface area contributed by atoms with Gasteiger partial charge in [-0.15, -0.1) is 0 Å². The fraction of sp³-hybridized carbons (Fsp3) is 0.688. The molecule has 2 saturated carbocycles. The molecule has 0 aliphatic heterocycles. The van der Waals surface area contributed by atoms with Crippen LogP contribution in [-0.2, 0) is 11.3 Å². The molecule has 2 aliphatic rings. The number of methoxy groups -OCH3 is 1. The smallest absolute Gasteiger partial charge is 0.250 e. The topological polar surface area (TPSA) is 43.4 Å². The molecule has 1 aromatic heterocycles.